The minimum Gasteiger partial charge on any atom is -0.458 e. The number of hydrogen-bond donors (Lipinski definition) is 0. The van der Waals surface area contributed by atoms with Crippen molar-refractivity contribution in [2.45, 2.75) is 52.4 Å². The van der Waals surface area contributed by atoms with E-state index >= 15 is 0 Å². The Kier molecular flexibility index (Phi) is 9.32. The van der Waals surface area contributed by atoms with E-state index in [1.54, 1.807) is 77.5 Å². The van der Waals surface area contributed by atoms with Crippen LogP contribution in [0.3, 0.4) is 0 Å². The zero-order valence-electron chi connectivity index (χ0n) is 71.0. The van der Waals surface area contributed by atoms with Gasteiger partial charge in [-0.2, -0.15) is 0 Å². The van der Waals surface area contributed by atoms with Gasteiger partial charge in [-0.3, -0.25) is 13.7 Å². The number of rotatable bonds is 10. The standard InChI is InChI=1S/C86H68N4OSi/c1-85(2,3)60-46-44-59(45-47-60)70-40-25-42-76-82-69(58-26-11-7-12-27-58)39-24-41-75(82)71-36-19-20-37-72(71)77-55-68(92(65-30-13-8-14-31-65,66-32-15-9-16-33-66)67-34-17-10-18-35-67)56-80-84(77)89(83(70)76)57-88(80)62-28-23-29-63(53-62)91-64-48-49-74-73-38-21-22-43-78(73)90(79(74)54-64)81-52-61(50-51-87-81)86(4,5)6/h7-56H,1-6H3/i7D,8D,9D,10D,11D,12D,13D,14D,15D,16D,17D,18D,26D,27D,30D,31D,32D,33D,34D,35D. The summed E-state index contributed by atoms with van der Waals surface area (Å²) in [6.07, 6.45) is 5.58. The van der Waals surface area contributed by atoms with Crippen molar-refractivity contribution in [2.24, 2.45) is 0 Å². The van der Waals surface area contributed by atoms with Gasteiger partial charge in [-0.05, 0) is 147 Å². The molecule has 0 aliphatic carbocycles. The Morgan fingerprint density at radius 2 is 0.989 bits per heavy atom. The van der Waals surface area contributed by atoms with Crippen LogP contribution >= 0.6 is 0 Å². The molecule has 0 atom stereocenters. The van der Waals surface area contributed by atoms with Crippen molar-refractivity contribution in [1.29, 1.82) is 0 Å². The summed E-state index contributed by atoms with van der Waals surface area (Å²) in [5.74, 6) is 1.42. The first kappa shape index (κ1) is 38.6. The summed E-state index contributed by atoms with van der Waals surface area (Å²) in [7, 11) is -5.95. The third-order valence-electron chi connectivity index (χ3n) is 17.5. The first-order valence-corrected chi connectivity index (χ1v) is 32.3. The van der Waals surface area contributed by atoms with E-state index in [9.17, 15) is 19.2 Å². The Bertz CT molecular complexity index is 6310. The van der Waals surface area contributed by atoms with Crippen LogP contribution in [0.2, 0.25) is 0 Å². The number of benzene rings is 12. The predicted molar refractivity (Wildman–Crippen MR) is 384 cm³/mol. The molecule has 3 aromatic heterocycles. The molecule has 0 unspecified atom stereocenters. The van der Waals surface area contributed by atoms with Crippen molar-refractivity contribution in [1.82, 2.24) is 14.1 Å². The number of aromatic nitrogens is 4. The van der Waals surface area contributed by atoms with Gasteiger partial charge in [0.25, 0.3) is 6.33 Å². The fraction of sp³-hybridized carbons (Fsp3) is 0.0930. The highest BCUT2D eigenvalue weighted by Gasteiger charge is 2.43. The van der Waals surface area contributed by atoms with Gasteiger partial charge >= 0.3 is 0 Å². The van der Waals surface area contributed by atoms with E-state index < -0.39 is 144 Å². The van der Waals surface area contributed by atoms with E-state index in [4.69, 9.17) is 17.9 Å². The third kappa shape index (κ3) is 9.43. The Morgan fingerprint density at radius 1 is 0.424 bits per heavy atom. The molecule has 12 aromatic carbocycles. The van der Waals surface area contributed by atoms with Crippen LogP contribution in [0.4, 0.5) is 0 Å². The number of para-hydroxylation sites is 2. The molecular formula is C86H68N4OSi. The summed E-state index contributed by atoms with van der Waals surface area (Å²) in [6, 6.07) is 37.7. The van der Waals surface area contributed by atoms with Crippen LogP contribution in [-0.2, 0) is 10.8 Å². The minimum absolute atomic E-state index is 0.113. The molecule has 0 saturated carbocycles. The van der Waals surface area contributed by atoms with Gasteiger partial charge in [0.05, 0.1) is 60.9 Å². The second-order valence-electron chi connectivity index (χ2n) is 25.0. The average molecular weight is 1220 g/mol. The van der Waals surface area contributed by atoms with Crippen molar-refractivity contribution in [3.05, 3.63) is 320 Å². The molecule has 92 heavy (non-hydrogen) atoms. The van der Waals surface area contributed by atoms with Crippen LogP contribution in [0.1, 0.15) is 80.1 Å². The van der Waals surface area contributed by atoms with Gasteiger partial charge in [0, 0.05) is 23.0 Å². The number of nitrogens with zero attached hydrogens (tertiary/aromatic N) is 4. The lowest BCUT2D eigenvalue weighted by molar-refractivity contribution is -0.570. The van der Waals surface area contributed by atoms with Gasteiger partial charge in [-0.1, -0.05) is 284 Å². The number of ether oxygens (including phenoxy) is 1. The summed E-state index contributed by atoms with van der Waals surface area (Å²) >= 11 is 0. The topological polar surface area (TPSA) is 35.9 Å². The average Bonchev–Trinajstić information content (AvgIpc) is 0.826. The Morgan fingerprint density at radius 3 is 1.66 bits per heavy atom. The quantitative estimate of drug-likeness (QED) is 0.0592. The summed E-state index contributed by atoms with van der Waals surface area (Å²) < 4.78 is 204. The van der Waals surface area contributed by atoms with E-state index in [2.05, 4.69) is 64.6 Å². The van der Waals surface area contributed by atoms with E-state index in [-0.39, 0.29) is 38.2 Å². The number of imidazole rings is 1. The van der Waals surface area contributed by atoms with E-state index in [1.165, 1.54) is 0 Å². The van der Waals surface area contributed by atoms with Gasteiger partial charge in [0.1, 0.15) is 17.3 Å². The molecule has 0 radical (unpaired) electrons. The van der Waals surface area contributed by atoms with Crippen LogP contribution < -0.4 is 30.1 Å². The molecule has 1 aliphatic heterocycles. The molecule has 0 bridgehead atoms. The third-order valence-corrected chi connectivity index (χ3v) is 21.7. The molecule has 442 valence electrons. The first-order chi connectivity index (χ1) is 53.2. The fourth-order valence-electron chi connectivity index (χ4n) is 13.2. The lowest BCUT2D eigenvalue weighted by atomic mass is 9.83. The van der Waals surface area contributed by atoms with E-state index in [1.807, 2.05) is 102 Å². The second kappa shape index (κ2) is 22.2. The van der Waals surface area contributed by atoms with Crippen LogP contribution in [0.15, 0.2) is 303 Å². The van der Waals surface area contributed by atoms with E-state index in [0.29, 0.717) is 73.2 Å². The zero-order valence-corrected chi connectivity index (χ0v) is 52.0. The summed E-state index contributed by atoms with van der Waals surface area (Å²) in [5, 5.41) is -0.359. The molecule has 0 fully saturated rings. The first-order valence-electron chi connectivity index (χ1n) is 40.3. The van der Waals surface area contributed by atoms with Crippen LogP contribution in [0, 0.1) is 6.33 Å². The minimum atomic E-state index is -5.95. The molecule has 0 N–H and O–H groups in total. The summed E-state index contributed by atoms with van der Waals surface area (Å²) in [4.78, 5) is 4.91. The van der Waals surface area contributed by atoms with Gasteiger partial charge in [-0.25, -0.2) is 4.98 Å². The molecule has 0 amide bonds. The second-order valence-corrected chi connectivity index (χ2v) is 28.6. The normalized spacial score (nSPS) is 15.3. The molecule has 0 spiro atoms. The molecule has 16 rings (SSSR count). The van der Waals surface area contributed by atoms with Crippen molar-refractivity contribution in [3.63, 3.8) is 0 Å². The van der Waals surface area contributed by atoms with Crippen molar-refractivity contribution in [3.8, 4) is 84.3 Å². The smallest absolute Gasteiger partial charge is 0.269 e. The van der Waals surface area contributed by atoms with Crippen LogP contribution in [0.5, 0.6) is 11.5 Å². The highest BCUT2D eigenvalue weighted by molar-refractivity contribution is 7.20. The fourth-order valence-corrected chi connectivity index (χ4v) is 17.0. The molecule has 1 aliphatic rings. The van der Waals surface area contributed by atoms with Gasteiger partial charge in [0.2, 0.25) is 0 Å². The van der Waals surface area contributed by atoms with Gasteiger partial charge in [0.15, 0.2) is 8.07 Å². The lowest BCUT2D eigenvalue weighted by Gasteiger charge is -2.35. The van der Waals surface area contributed by atoms with Gasteiger partial charge < -0.3 is 4.74 Å². The summed E-state index contributed by atoms with van der Waals surface area (Å²) in [5.41, 5.74) is 8.29. The monoisotopic (exact) mass is 1220 g/mol. The highest BCUT2D eigenvalue weighted by Crippen LogP contribution is 2.49. The maximum atomic E-state index is 10.2. The molecule has 5 nitrogen and oxygen atoms in total. The Balaban J connectivity index is 1.10. The largest absolute Gasteiger partial charge is 0.458 e. The maximum Gasteiger partial charge on any atom is 0.269 e. The Labute approximate surface area is 567 Å². The number of hydrogen-bond acceptors (Lipinski definition) is 2. The van der Waals surface area contributed by atoms with Crippen LogP contribution in [-0.4, -0.2) is 22.2 Å². The van der Waals surface area contributed by atoms with Crippen molar-refractivity contribution >= 4 is 61.7 Å². The zero-order chi connectivity index (χ0) is 79.7. The van der Waals surface area contributed by atoms with Crippen LogP contribution in [0.25, 0.3) is 106 Å². The van der Waals surface area contributed by atoms with E-state index in [0.717, 1.165) is 32.9 Å². The number of fused-ring (bicyclic) bond motifs is 10. The molecule has 15 aromatic rings. The maximum absolute atomic E-state index is 10.2. The number of pyridine rings is 1. The molecular weight excluding hydrogens is 1130 g/mol. The van der Waals surface area contributed by atoms with Crippen molar-refractivity contribution < 1.29 is 36.7 Å². The SMILES string of the molecule is [2H]c1c([2H])c([2H])c(-c2cccc3c2-c2cccc(-c4ccc(C(C)(C)C)cc4)c2-[n+]2[c-]n(-c4cccc(Oc5ccc6c7ccccc7n(-c7cc(C(C)(C)C)ccn7)c6c5)c4)c4cc([Si](c5c([2H])c([2H])c([2H])c([2H])c5[2H])(c5c([2H])c([2H])c([2H])c([2H])c5[2H])c5c([2H])c([2H])c([2H])c([2H])c5[2H])cc(c42)-c2ccccc2-3)c([2H])c1[2H]. The Hall–Kier alpha value is -10.9. The lowest BCUT2D eigenvalue weighted by Crippen LogP contribution is -2.74. The predicted octanol–water partition coefficient (Wildman–Crippen LogP) is 18.6. The molecule has 6 heteroatoms. The summed E-state index contributed by atoms with van der Waals surface area (Å²) in [6.45, 7) is 12.7. The highest BCUT2D eigenvalue weighted by atomic mass is 28.3. The van der Waals surface area contributed by atoms with Crippen molar-refractivity contribution in [2.75, 3.05) is 0 Å². The molecule has 0 saturated heterocycles. The van der Waals surface area contributed by atoms with Gasteiger partial charge in [-0.15, -0.1) is 0 Å². The molecule has 4 heterocycles.